The summed E-state index contributed by atoms with van der Waals surface area (Å²) in [5.74, 6) is 0.381. The number of halogens is 1. The quantitative estimate of drug-likeness (QED) is 0.602. The van der Waals surface area contributed by atoms with Gasteiger partial charge in [-0.05, 0) is 30.5 Å². The van der Waals surface area contributed by atoms with Crippen molar-refractivity contribution in [2.45, 2.75) is 31.7 Å². The van der Waals surface area contributed by atoms with Gasteiger partial charge in [0.2, 0.25) is 0 Å². The molecule has 2 N–H and O–H groups in total. The van der Waals surface area contributed by atoms with Gasteiger partial charge in [0, 0.05) is 12.6 Å². The van der Waals surface area contributed by atoms with E-state index in [0.29, 0.717) is 12.0 Å². The van der Waals surface area contributed by atoms with Crippen LogP contribution in [0.5, 0.6) is 0 Å². The van der Waals surface area contributed by atoms with Crippen LogP contribution in [0.3, 0.4) is 0 Å². The minimum Gasteiger partial charge on any atom is -0.396 e. The molecule has 0 aromatic heterocycles. The first kappa shape index (κ1) is 8.31. The Hall–Kier alpha value is 0.210. The zero-order valence-electron chi connectivity index (χ0n) is 6.02. The van der Waals surface area contributed by atoms with Crippen LogP contribution >= 0.6 is 11.8 Å². The first-order valence-corrected chi connectivity index (χ1v) is 4.23. The number of aliphatic hydroxyl groups is 1. The molecule has 0 aromatic carbocycles. The van der Waals surface area contributed by atoms with Crippen molar-refractivity contribution in [1.29, 1.82) is 0 Å². The van der Waals surface area contributed by atoms with Crippen LogP contribution in [0.25, 0.3) is 0 Å². The average molecular weight is 164 g/mol. The molecular formula is C7H14ClNO. The van der Waals surface area contributed by atoms with Crippen LogP contribution in [0.1, 0.15) is 25.7 Å². The minimum absolute atomic E-state index is 0.268. The second-order valence-corrected chi connectivity index (χ2v) is 3.16. The van der Waals surface area contributed by atoms with Crippen LogP contribution in [-0.2, 0) is 0 Å². The first-order valence-electron chi connectivity index (χ1n) is 3.85. The molecular weight excluding hydrogens is 150 g/mol. The van der Waals surface area contributed by atoms with Crippen molar-refractivity contribution in [3.63, 3.8) is 0 Å². The summed E-state index contributed by atoms with van der Waals surface area (Å²) in [7, 11) is 0. The molecule has 3 heteroatoms. The van der Waals surface area contributed by atoms with Gasteiger partial charge in [-0.15, -0.1) is 0 Å². The van der Waals surface area contributed by atoms with Crippen molar-refractivity contribution in [3.05, 3.63) is 0 Å². The Balaban J connectivity index is 2.34. The van der Waals surface area contributed by atoms with E-state index in [0.717, 1.165) is 12.8 Å². The monoisotopic (exact) mass is 163 g/mol. The van der Waals surface area contributed by atoms with Gasteiger partial charge in [-0.25, -0.2) is 4.84 Å². The van der Waals surface area contributed by atoms with Crippen molar-refractivity contribution >= 4 is 11.8 Å². The van der Waals surface area contributed by atoms with Crippen LogP contribution in [-0.4, -0.2) is 17.8 Å². The lowest BCUT2D eigenvalue weighted by Gasteiger charge is -2.28. The van der Waals surface area contributed by atoms with Gasteiger partial charge in [-0.3, -0.25) is 0 Å². The third-order valence-corrected chi connectivity index (χ3v) is 2.56. The largest absolute Gasteiger partial charge is 0.396 e. The molecule has 0 radical (unpaired) electrons. The maximum absolute atomic E-state index is 8.89. The van der Waals surface area contributed by atoms with Gasteiger partial charge < -0.3 is 5.11 Å². The molecule has 0 spiro atoms. The van der Waals surface area contributed by atoms with E-state index < -0.39 is 0 Å². The predicted molar refractivity (Wildman–Crippen MR) is 41.8 cm³/mol. The smallest absolute Gasteiger partial charge is 0.0474 e. The molecule has 10 heavy (non-hydrogen) atoms. The van der Waals surface area contributed by atoms with Gasteiger partial charge in [0.15, 0.2) is 0 Å². The Bertz CT molecular complexity index is 87.6. The molecule has 0 heterocycles. The number of nitrogens with one attached hydrogen (secondary N) is 1. The lowest BCUT2D eigenvalue weighted by Crippen LogP contribution is -2.35. The molecule has 0 amide bonds. The van der Waals surface area contributed by atoms with Gasteiger partial charge in [0.05, 0.1) is 0 Å². The highest BCUT2D eigenvalue weighted by Gasteiger charge is 2.22. The van der Waals surface area contributed by atoms with Gasteiger partial charge in [0.1, 0.15) is 0 Å². The molecule has 60 valence electrons. The summed E-state index contributed by atoms with van der Waals surface area (Å²) in [6.07, 6.45) is 4.69. The lowest BCUT2D eigenvalue weighted by molar-refractivity contribution is 0.164. The fraction of sp³-hybridized carbons (Fsp3) is 1.00. The third kappa shape index (κ3) is 1.84. The highest BCUT2D eigenvalue weighted by Crippen LogP contribution is 2.23. The first-order chi connectivity index (χ1) is 4.88. The second kappa shape index (κ2) is 4.16. The highest BCUT2D eigenvalue weighted by atomic mass is 35.5. The fourth-order valence-electron chi connectivity index (χ4n) is 1.57. The van der Waals surface area contributed by atoms with Crippen LogP contribution in [0.4, 0.5) is 0 Å². The van der Waals surface area contributed by atoms with Crippen LogP contribution in [0.2, 0.25) is 0 Å². The molecule has 0 saturated heterocycles. The summed E-state index contributed by atoms with van der Waals surface area (Å²) in [5, 5.41) is 8.89. The van der Waals surface area contributed by atoms with E-state index in [1.54, 1.807) is 0 Å². The molecule has 0 aliphatic heterocycles. The molecule has 1 fully saturated rings. The van der Waals surface area contributed by atoms with Crippen LogP contribution < -0.4 is 4.84 Å². The summed E-state index contributed by atoms with van der Waals surface area (Å²) in [5.41, 5.74) is 0. The Morgan fingerprint density at radius 2 is 2.10 bits per heavy atom. The van der Waals surface area contributed by atoms with Crippen molar-refractivity contribution in [1.82, 2.24) is 4.84 Å². The fourth-order valence-corrected chi connectivity index (χ4v) is 1.86. The van der Waals surface area contributed by atoms with Crippen molar-refractivity contribution in [2.75, 3.05) is 6.61 Å². The molecule has 2 atom stereocenters. The average Bonchev–Trinajstić information content (AvgIpc) is 2.04. The zero-order chi connectivity index (χ0) is 7.40. The van der Waals surface area contributed by atoms with Gasteiger partial charge in [-0.2, -0.15) is 0 Å². The molecule has 1 aliphatic rings. The number of hydrogen-bond donors (Lipinski definition) is 2. The molecule has 2 nitrogen and oxygen atoms in total. The summed E-state index contributed by atoms with van der Waals surface area (Å²) in [6, 6.07) is 0.334. The second-order valence-electron chi connectivity index (χ2n) is 2.94. The Kier molecular flexibility index (Phi) is 3.46. The van der Waals surface area contributed by atoms with Crippen LogP contribution in [0.15, 0.2) is 0 Å². The Morgan fingerprint density at radius 1 is 1.40 bits per heavy atom. The number of rotatable bonds is 2. The predicted octanol–water partition coefficient (Wildman–Crippen LogP) is 1.28. The summed E-state index contributed by atoms with van der Waals surface area (Å²) in [6.45, 7) is 0.268. The SMILES string of the molecule is OC[C@@H]1CCCCC1NCl. The van der Waals surface area contributed by atoms with Gasteiger partial charge in [-0.1, -0.05) is 12.8 Å². The lowest BCUT2D eigenvalue weighted by atomic mass is 9.86. The van der Waals surface area contributed by atoms with E-state index in [2.05, 4.69) is 4.84 Å². The van der Waals surface area contributed by atoms with E-state index >= 15 is 0 Å². The van der Waals surface area contributed by atoms with E-state index in [1.807, 2.05) is 0 Å². The zero-order valence-corrected chi connectivity index (χ0v) is 6.77. The summed E-state index contributed by atoms with van der Waals surface area (Å²) in [4.78, 5) is 2.72. The Morgan fingerprint density at radius 3 is 2.60 bits per heavy atom. The van der Waals surface area contributed by atoms with Gasteiger partial charge in [0.25, 0.3) is 0 Å². The minimum atomic E-state index is 0.268. The topological polar surface area (TPSA) is 32.3 Å². The molecule has 0 bridgehead atoms. The normalized spacial score (nSPS) is 34.2. The van der Waals surface area contributed by atoms with E-state index in [-0.39, 0.29) is 6.61 Å². The molecule has 0 aromatic rings. The maximum atomic E-state index is 8.89. The summed E-state index contributed by atoms with van der Waals surface area (Å²) < 4.78 is 0. The van der Waals surface area contributed by atoms with Crippen molar-refractivity contribution < 1.29 is 5.11 Å². The summed E-state index contributed by atoms with van der Waals surface area (Å²) >= 11 is 5.49. The van der Waals surface area contributed by atoms with Crippen LogP contribution in [0, 0.1) is 5.92 Å². The van der Waals surface area contributed by atoms with Gasteiger partial charge >= 0.3 is 0 Å². The molecule has 1 rings (SSSR count). The van der Waals surface area contributed by atoms with Crippen molar-refractivity contribution in [2.24, 2.45) is 5.92 Å². The standard InChI is InChI=1S/C7H14ClNO/c8-9-7-4-2-1-3-6(7)5-10/h6-7,9-10H,1-5H2/t6-,7?/m0/s1. The molecule has 1 saturated carbocycles. The van der Waals surface area contributed by atoms with E-state index in [9.17, 15) is 0 Å². The third-order valence-electron chi connectivity index (χ3n) is 2.28. The Labute approximate surface area is 66.7 Å². The number of hydrogen-bond acceptors (Lipinski definition) is 2. The highest BCUT2D eigenvalue weighted by molar-refractivity contribution is 6.13. The number of aliphatic hydroxyl groups excluding tert-OH is 1. The van der Waals surface area contributed by atoms with Crippen molar-refractivity contribution in [3.8, 4) is 0 Å². The maximum Gasteiger partial charge on any atom is 0.0474 e. The molecule has 1 unspecified atom stereocenters. The van der Waals surface area contributed by atoms with E-state index in [4.69, 9.17) is 16.9 Å². The molecule has 1 aliphatic carbocycles. The van der Waals surface area contributed by atoms with E-state index in [1.165, 1.54) is 12.8 Å².